The van der Waals surface area contributed by atoms with Crippen molar-refractivity contribution in [3.8, 4) is 5.75 Å². The first kappa shape index (κ1) is 20.7. The largest absolute Gasteiger partial charge is 0.497 e. The monoisotopic (exact) mass is 444 g/mol. The number of fused-ring (bicyclic) bond motifs is 1. The molecule has 9 heteroatoms. The molecule has 1 fully saturated rings. The first-order valence-electron chi connectivity index (χ1n) is 9.88. The number of piperazine rings is 1. The van der Waals surface area contributed by atoms with E-state index in [2.05, 4.69) is 9.88 Å². The molecule has 1 aliphatic heterocycles. The molecule has 3 aromatic rings. The Labute approximate surface area is 183 Å². The molecule has 1 saturated heterocycles. The highest BCUT2D eigenvalue weighted by molar-refractivity contribution is 7.99. The number of thioether (sulfide) groups is 1. The standard InChI is InChI=1S/C21H24N4O3S2/c1-3-25-20(27)19-17(8-13-29-19)22-21(25)30-14-18(26)24-11-9-23(10-12-24)15-4-6-16(28-2)7-5-15/h4-8,13H,3,9-12,14H2,1-2H3. The second kappa shape index (κ2) is 9.09. The summed E-state index contributed by atoms with van der Waals surface area (Å²) >= 11 is 2.75. The highest BCUT2D eigenvalue weighted by Crippen LogP contribution is 2.23. The third kappa shape index (κ3) is 4.17. The molecule has 0 radical (unpaired) electrons. The molecule has 7 nitrogen and oxygen atoms in total. The Morgan fingerprint density at radius 3 is 2.57 bits per heavy atom. The van der Waals surface area contributed by atoms with Gasteiger partial charge in [-0.2, -0.15) is 0 Å². The summed E-state index contributed by atoms with van der Waals surface area (Å²) in [6, 6.07) is 9.85. The maximum Gasteiger partial charge on any atom is 0.272 e. The van der Waals surface area contributed by atoms with Gasteiger partial charge in [-0.3, -0.25) is 14.2 Å². The summed E-state index contributed by atoms with van der Waals surface area (Å²) in [6.07, 6.45) is 0. The minimum atomic E-state index is -0.0273. The van der Waals surface area contributed by atoms with E-state index in [1.165, 1.54) is 23.1 Å². The molecule has 0 unspecified atom stereocenters. The van der Waals surface area contributed by atoms with Crippen LogP contribution >= 0.6 is 23.1 Å². The third-order valence-corrected chi connectivity index (χ3v) is 7.09. The van der Waals surface area contributed by atoms with E-state index in [1.807, 2.05) is 47.5 Å². The summed E-state index contributed by atoms with van der Waals surface area (Å²) in [5, 5.41) is 2.49. The predicted octanol–water partition coefficient (Wildman–Crippen LogP) is 2.93. The number of hydrogen-bond acceptors (Lipinski definition) is 7. The van der Waals surface area contributed by atoms with Gasteiger partial charge in [-0.05, 0) is 42.6 Å². The van der Waals surface area contributed by atoms with Crippen molar-refractivity contribution < 1.29 is 9.53 Å². The zero-order valence-corrected chi connectivity index (χ0v) is 18.7. The second-order valence-corrected chi connectivity index (χ2v) is 8.79. The van der Waals surface area contributed by atoms with Crippen molar-refractivity contribution in [1.29, 1.82) is 0 Å². The summed E-state index contributed by atoms with van der Waals surface area (Å²) in [5.41, 5.74) is 1.82. The Morgan fingerprint density at radius 2 is 1.90 bits per heavy atom. The number of carbonyl (C=O) groups is 1. The van der Waals surface area contributed by atoms with Crippen molar-refractivity contribution in [3.05, 3.63) is 46.1 Å². The highest BCUT2D eigenvalue weighted by Gasteiger charge is 2.22. The van der Waals surface area contributed by atoms with Gasteiger partial charge in [-0.25, -0.2) is 4.98 Å². The summed E-state index contributed by atoms with van der Waals surface area (Å²) < 4.78 is 7.53. The molecule has 1 aliphatic rings. The molecule has 0 spiro atoms. The van der Waals surface area contributed by atoms with Crippen molar-refractivity contribution in [2.45, 2.75) is 18.6 Å². The third-order valence-electron chi connectivity index (χ3n) is 5.24. The Bertz CT molecular complexity index is 1090. The van der Waals surface area contributed by atoms with E-state index in [9.17, 15) is 9.59 Å². The number of hydrogen-bond donors (Lipinski definition) is 0. The van der Waals surface area contributed by atoms with E-state index in [0.717, 1.165) is 24.5 Å². The van der Waals surface area contributed by atoms with Crippen LogP contribution in [-0.2, 0) is 11.3 Å². The number of carbonyl (C=O) groups excluding carboxylic acids is 1. The van der Waals surface area contributed by atoms with Crippen LogP contribution in [0.2, 0.25) is 0 Å². The summed E-state index contributed by atoms with van der Waals surface area (Å²) in [6.45, 7) is 5.42. The number of ether oxygens (including phenoxy) is 1. The summed E-state index contributed by atoms with van der Waals surface area (Å²) in [4.78, 5) is 34.1. The van der Waals surface area contributed by atoms with Gasteiger partial charge in [0.05, 0.1) is 18.4 Å². The van der Waals surface area contributed by atoms with Crippen LogP contribution in [0.5, 0.6) is 5.75 Å². The lowest BCUT2D eigenvalue weighted by molar-refractivity contribution is -0.128. The molecular weight excluding hydrogens is 420 g/mol. The van der Waals surface area contributed by atoms with Crippen molar-refractivity contribution in [1.82, 2.24) is 14.5 Å². The quantitative estimate of drug-likeness (QED) is 0.430. The van der Waals surface area contributed by atoms with Gasteiger partial charge in [0.1, 0.15) is 10.4 Å². The summed E-state index contributed by atoms with van der Waals surface area (Å²) in [7, 11) is 1.66. The van der Waals surface area contributed by atoms with Crippen LogP contribution in [0.25, 0.3) is 10.2 Å². The minimum absolute atomic E-state index is 0.0273. The van der Waals surface area contributed by atoms with Crippen LogP contribution in [0.4, 0.5) is 5.69 Å². The first-order valence-corrected chi connectivity index (χ1v) is 11.7. The van der Waals surface area contributed by atoms with Gasteiger partial charge in [0.2, 0.25) is 5.91 Å². The molecule has 0 saturated carbocycles. The Balaban J connectivity index is 1.36. The smallest absolute Gasteiger partial charge is 0.272 e. The van der Waals surface area contributed by atoms with Gasteiger partial charge in [0, 0.05) is 38.4 Å². The van der Waals surface area contributed by atoms with Crippen LogP contribution in [0.15, 0.2) is 45.7 Å². The molecule has 4 rings (SSSR count). The average molecular weight is 445 g/mol. The van der Waals surface area contributed by atoms with Crippen molar-refractivity contribution in [2.24, 2.45) is 0 Å². The van der Waals surface area contributed by atoms with Crippen molar-refractivity contribution in [3.63, 3.8) is 0 Å². The normalized spacial score (nSPS) is 14.3. The summed E-state index contributed by atoms with van der Waals surface area (Å²) in [5.74, 6) is 1.20. The maximum atomic E-state index is 12.8. The van der Waals surface area contributed by atoms with Crippen LogP contribution < -0.4 is 15.2 Å². The molecule has 1 amide bonds. The fourth-order valence-electron chi connectivity index (χ4n) is 3.54. The molecule has 0 bridgehead atoms. The van der Waals surface area contributed by atoms with Crippen LogP contribution in [0.3, 0.4) is 0 Å². The fourth-order valence-corrected chi connectivity index (χ4v) is 5.28. The number of anilines is 1. The molecule has 1 aromatic carbocycles. The lowest BCUT2D eigenvalue weighted by atomic mass is 10.2. The predicted molar refractivity (Wildman–Crippen MR) is 122 cm³/mol. The zero-order valence-electron chi connectivity index (χ0n) is 17.0. The molecule has 0 N–H and O–H groups in total. The van der Waals surface area contributed by atoms with E-state index in [0.29, 0.717) is 35.0 Å². The van der Waals surface area contributed by atoms with Crippen LogP contribution in [0, 0.1) is 0 Å². The van der Waals surface area contributed by atoms with E-state index in [4.69, 9.17) is 4.74 Å². The number of methoxy groups -OCH3 is 1. The Morgan fingerprint density at radius 1 is 1.17 bits per heavy atom. The minimum Gasteiger partial charge on any atom is -0.497 e. The second-order valence-electron chi connectivity index (χ2n) is 6.93. The molecular formula is C21H24N4O3S2. The number of aromatic nitrogens is 2. The van der Waals surface area contributed by atoms with Gasteiger partial charge >= 0.3 is 0 Å². The highest BCUT2D eigenvalue weighted by atomic mass is 32.2. The van der Waals surface area contributed by atoms with Crippen molar-refractivity contribution in [2.75, 3.05) is 43.9 Å². The average Bonchev–Trinajstić information content (AvgIpc) is 3.27. The van der Waals surface area contributed by atoms with Gasteiger partial charge in [-0.1, -0.05) is 11.8 Å². The molecule has 0 aliphatic carbocycles. The van der Waals surface area contributed by atoms with E-state index >= 15 is 0 Å². The lowest BCUT2D eigenvalue weighted by Crippen LogP contribution is -2.49. The lowest BCUT2D eigenvalue weighted by Gasteiger charge is -2.36. The molecule has 2 aromatic heterocycles. The number of rotatable bonds is 6. The van der Waals surface area contributed by atoms with Gasteiger partial charge in [-0.15, -0.1) is 11.3 Å². The Kier molecular flexibility index (Phi) is 6.29. The van der Waals surface area contributed by atoms with Gasteiger partial charge in [0.15, 0.2) is 5.16 Å². The SMILES string of the molecule is CCn1c(SCC(=O)N2CCN(c3ccc(OC)cc3)CC2)nc2ccsc2c1=O. The van der Waals surface area contributed by atoms with Gasteiger partial charge in [0.25, 0.3) is 5.56 Å². The van der Waals surface area contributed by atoms with Crippen molar-refractivity contribution >= 4 is 44.9 Å². The van der Waals surface area contributed by atoms with E-state index in [1.54, 1.807) is 11.7 Å². The first-order chi connectivity index (χ1) is 14.6. The molecule has 0 atom stereocenters. The topological polar surface area (TPSA) is 67.7 Å². The van der Waals surface area contributed by atoms with E-state index < -0.39 is 0 Å². The number of thiophene rings is 1. The molecule has 30 heavy (non-hydrogen) atoms. The number of nitrogens with zero attached hydrogens (tertiary/aromatic N) is 4. The number of benzene rings is 1. The van der Waals surface area contributed by atoms with Gasteiger partial charge < -0.3 is 14.5 Å². The zero-order chi connectivity index (χ0) is 21.1. The van der Waals surface area contributed by atoms with E-state index in [-0.39, 0.29) is 17.2 Å². The Hall–Kier alpha value is -2.52. The molecule has 3 heterocycles. The number of amides is 1. The fraction of sp³-hybridized carbons (Fsp3) is 0.381. The van der Waals surface area contributed by atoms with Crippen LogP contribution in [-0.4, -0.2) is 59.4 Å². The molecule has 158 valence electrons. The maximum absolute atomic E-state index is 12.8. The van der Waals surface area contributed by atoms with Crippen LogP contribution in [0.1, 0.15) is 6.92 Å².